The Morgan fingerprint density at radius 1 is 1.25 bits per heavy atom. The highest BCUT2D eigenvalue weighted by molar-refractivity contribution is 6.01. The van der Waals surface area contributed by atoms with E-state index in [-0.39, 0.29) is 18.1 Å². The fraction of sp³-hybridized carbons (Fsp3) is 0.222. The second-order valence-electron chi connectivity index (χ2n) is 5.82. The van der Waals surface area contributed by atoms with E-state index in [1.807, 2.05) is 26.0 Å². The number of rotatable bonds is 3. The maximum Gasteiger partial charge on any atom is 0.274 e. The molecule has 0 saturated heterocycles. The second kappa shape index (κ2) is 6.33. The molecule has 2 aromatic carbocycles. The predicted octanol–water partition coefficient (Wildman–Crippen LogP) is 2.35. The van der Waals surface area contributed by atoms with Gasteiger partial charge in [-0.1, -0.05) is 23.8 Å². The first-order valence-corrected chi connectivity index (χ1v) is 7.57. The van der Waals surface area contributed by atoms with E-state index in [1.165, 1.54) is 6.07 Å². The Hall–Kier alpha value is -2.86. The first-order valence-electron chi connectivity index (χ1n) is 7.57. The number of ether oxygens (including phenoxy) is 1. The van der Waals surface area contributed by atoms with E-state index >= 15 is 0 Å². The molecule has 0 spiro atoms. The van der Waals surface area contributed by atoms with Crippen molar-refractivity contribution >= 4 is 17.5 Å². The summed E-state index contributed by atoms with van der Waals surface area (Å²) in [5, 5.41) is 8.80. The van der Waals surface area contributed by atoms with E-state index in [1.54, 1.807) is 22.5 Å². The molecule has 0 bridgehead atoms. The molecule has 2 amide bonds. The fourth-order valence-corrected chi connectivity index (χ4v) is 2.77. The molecule has 0 aliphatic carbocycles. The molecule has 2 N–H and O–H groups in total. The molecule has 1 aliphatic heterocycles. The summed E-state index contributed by atoms with van der Waals surface area (Å²) in [4.78, 5) is 25.6. The Morgan fingerprint density at radius 3 is 2.75 bits per heavy atom. The largest absolute Gasteiger partial charge is 0.482 e. The van der Waals surface area contributed by atoms with Crippen molar-refractivity contribution in [3.8, 4) is 5.75 Å². The van der Waals surface area contributed by atoms with Crippen LogP contribution in [0.3, 0.4) is 0 Å². The number of amides is 2. The number of hydroxylamine groups is 1. The van der Waals surface area contributed by atoms with Gasteiger partial charge < -0.3 is 9.64 Å². The van der Waals surface area contributed by atoms with Crippen molar-refractivity contribution in [3.63, 3.8) is 0 Å². The number of hydrogen-bond donors (Lipinski definition) is 2. The lowest BCUT2D eigenvalue weighted by Crippen LogP contribution is -2.38. The van der Waals surface area contributed by atoms with Gasteiger partial charge in [0, 0.05) is 5.56 Å². The molecule has 0 fully saturated rings. The van der Waals surface area contributed by atoms with E-state index < -0.39 is 5.91 Å². The van der Waals surface area contributed by atoms with Crippen LogP contribution in [0.15, 0.2) is 36.4 Å². The Balaban J connectivity index is 1.99. The van der Waals surface area contributed by atoms with Crippen molar-refractivity contribution in [1.82, 2.24) is 5.48 Å². The topological polar surface area (TPSA) is 78.9 Å². The van der Waals surface area contributed by atoms with Crippen LogP contribution in [0.4, 0.5) is 5.69 Å². The smallest absolute Gasteiger partial charge is 0.274 e. The van der Waals surface area contributed by atoms with Crippen LogP contribution in [-0.2, 0) is 11.3 Å². The Morgan fingerprint density at radius 2 is 2.04 bits per heavy atom. The van der Waals surface area contributed by atoms with Crippen molar-refractivity contribution in [1.29, 1.82) is 0 Å². The zero-order valence-electron chi connectivity index (χ0n) is 13.5. The van der Waals surface area contributed by atoms with Gasteiger partial charge in [-0.25, -0.2) is 5.48 Å². The van der Waals surface area contributed by atoms with Crippen LogP contribution < -0.4 is 15.1 Å². The van der Waals surface area contributed by atoms with Crippen LogP contribution in [0.25, 0.3) is 0 Å². The molecule has 1 heterocycles. The Kier molecular flexibility index (Phi) is 4.22. The zero-order chi connectivity index (χ0) is 17.3. The SMILES string of the molecule is Cc1ccc(CN2C(=O)COc3ccc(C(=O)NO)cc32)c(C)c1. The first-order chi connectivity index (χ1) is 11.5. The van der Waals surface area contributed by atoms with Gasteiger partial charge in [-0.2, -0.15) is 0 Å². The van der Waals surface area contributed by atoms with Gasteiger partial charge in [0.05, 0.1) is 12.2 Å². The third kappa shape index (κ3) is 2.96. The van der Waals surface area contributed by atoms with Crippen LogP contribution in [0.2, 0.25) is 0 Å². The minimum atomic E-state index is -0.637. The fourth-order valence-electron chi connectivity index (χ4n) is 2.77. The predicted molar refractivity (Wildman–Crippen MR) is 88.3 cm³/mol. The van der Waals surface area contributed by atoms with Gasteiger partial charge in [-0.05, 0) is 43.2 Å². The van der Waals surface area contributed by atoms with E-state index in [0.717, 1.165) is 16.7 Å². The van der Waals surface area contributed by atoms with Gasteiger partial charge in [-0.15, -0.1) is 0 Å². The normalized spacial score (nSPS) is 13.3. The Labute approximate surface area is 139 Å². The molecular weight excluding hydrogens is 308 g/mol. The molecule has 0 saturated carbocycles. The van der Waals surface area contributed by atoms with E-state index in [0.29, 0.717) is 18.0 Å². The number of aryl methyl sites for hydroxylation is 2. The molecule has 124 valence electrons. The average Bonchev–Trinajstić information content (AvgIpc) is 2.58. The van der Waals surface area contributed by atoms with Gasteiger partial charge in [0.1, 0.15) is 5.75 Å². The number of hydrogen-bond acceptors (Lipinski definition) is 4. The van der Waals surface area contributed by atoms with Crippen molar-refractivity contribution in [2.45, 2.75) is 20.4 Å². The number of carbonyl (C=O) groups is 2. The quantitative estimate of drug-likeness (QED) is 0.670. The monoisotopic (exact) mass is 326 g/mol. The lowest BCUT2D eigenvalue weighted by molar-refractivity contribution is -0.121. The first kappa shape index (κ1) is 16.0. The molecule has 3 rings (SSSR count). The number of nitrogens with one attached hydrogen (secondary N) is 1. The van der Waals surface area contributed by atoms with Crippen LogP contribution in [0, 0.1) is 13.8 Å². The molecule has 0 unspecified atom stereocenters. The highest BCUT2D eigenvalue weighted by Crippen LogP contribution is 2.34. The molecule has 6 nitrogen and oxygen atoms in total. The molecule has 6 heteroatoms. The summed E-state index contributed by atoms with van der Waals surface area (Å²) >= 11 is 0. The van der Waals surface area contributed by atoms with Crippen LogP contribution in [0.1, 0.15) is 27.0 Å². The summed E-state index contributed by atoms with van der Waals surface area (Å²) in [7, 11) is 0. The number of carbonyl (C=O) groups excluding carboxylic acids is 2. The molecule has 0 atom stereocenters. The summed E-state index contributed by atoms with van der Waals surface area (Å²) < 4.78 is 5.44. The molecule has 2 aromatic rings. The lowest BCUT2D eigenvalue weighted by Gasteiger charge is -2.30. The highest BCUT2D eigenvalue weighted by Gasteiger charge is 2.27. The maximum atomic E-state index is 12.3. The second-order valence-corrected chi connectivity index (χ2v) is 5.82. The number of fused-ring (bicyclic) bond motifs is 1. The summed E-state index contributed by atoms with van der Waals surface area (Å²) in [6.07, 6.45) is 0. The molecule has 0 aromatic heterocycles. The Bertz CT molecular complexity index is 817. The highest BCUT2D eigenvalue weighted by atomic mass is 16.5. The van der Waals surface area contributed by atoms with E-state index in [2.05, 4.69) is 6.07 Å². The summed E-state index contributed by atoms with van der Waals surface area (Å²) in [6, 6.07) is 10.8. The van der Waals surface area contributed by atoms with Crippen LogP contribution in [0.5, 0.6) is 5.75 Å². The maximum absolute atomic E-state index is 12.3. The van der Waals surface area contributed by atoms with Crippen molar-refractivity contribution in [2.24, 2.45) is 0 Å². The number of benzene rings is 2. The van der Waals surface area contributed by atoms with Gasteiger partial charge in [0.15, 0.2) is 6.61 Å². The standard InChI is InChI=1S/C18H18N2O4/c1-11-3-4-14(12(2)7-11)9-20-15-8-13(18(22)19-23)5-6-16(15)24-10-17(20)21/h3-8,23H,9-10H2,1-2H3,(H,19,22). The minimum Gasteiger partial charge on any atom is -0.482 e. The summed E-state index contributed by atoms with van der Waals surface area (Å²) in [5.41, 5.74) is 5.65. The number of anilines is 1. The minimum absolute atomic E-state index is 0.0382. The lowest BCUT2D eigenvalue weighted by atomic mass is 10.0. The zero-order valence-corrected chi connectivity index (χ0v) is 13.5. The van der Waals surface area contributed by atoms with Crippen molar-refractivity contribution < 1.29 is 19.5 Å². The molecular formula is C18H18N2O4. The van der Waals surface area contributed by atoms with Gasteiger partial charge in [-0.3, -0.25) is 14.8 Å². The molecule has 1 aliphatic rings. The van der Waals surface area contributed by atoms with E-state index in [9.17, 15) is 9.59 Å². The van der Waals surface area contributed by atoms with Gasteiger partial charge in [0.25, 0.3) is 11.8 Å². The molecule has 24 heavy (non-hydrogen) atoms. The van der Waals surface area contributed by atoms with Crippen LogP contribution >= 0.6 is 0 Å². The third-order valence-corrected chi connectivity index (χ3v) is 4.09. The number of nitrogens with zero attached hydrogens (tertiary/aromatic N) is 1. The summed E-state index contributed by atoms with van der Waals surface area (Å²) in [5.74, 6) is -0.278. The van der Waals surface area contributed by atoms with Crippen molar-refractivity contribution in [3.05, 3.63) is 58.7 Å². The average molecular weight is 326 g/mol. The molecule has 0 radical (unpaired) electrons. The van der Waals surface area contributed by atoms with Crippen molar-refractivity contribution in [2.75, 3.05) is 11.5 Å². The van der Waals surface area contributed by atoms with Gasteiger partial charge >= 0.3 is 0 Å². The van der Waals surface area contributed by atoms with E-state index in [4.69, 9.17) is 9.94 Å². The van der Waals surface area contributed by atoms with Crippen LogP contribution in [-0.4, -0.2) is 23.6 Å². The summed E-state index contributed by atoms with van der Waals surface area (Å²) in [6.45, 7) is 4.38. The van der Waals surface area contributed by atoms with Gasteiger partial charge in [0.2, 0.25) is 0 Å². The third-order valence-electron chi connectivity index (χ3n) is 4.09.